The molecule has 0 unspecified atom stereocenters. The molecule has 0 saturated carbocycles. The summed E-state index contributed by atoms with van der Waals surface area (Å²) in [4.78, 5) is 0. The van der Waals surface area contributed by atoms with Crippen LogP contribution in [-0.2, 0) is 6.42 Å². The molecular weight excluding hydrogens is 154 g/mol. The molecule has 0 spiro atoms. The lowest BCUT2D eigenvalue weighted by Gasteiger charge is -1.94. The second-order valence-electron chi connectivity index (χ2n) is 2.52. The Hall–Kier alpha value is -1.42. The van der Waals surface area contributed by atoms with E-state index in [-0.39, 0.29) is 6.61 Å². The first-order valence-electron chi connectivity index (χ1n) is 3.81. The predicted molar refractivity (Wildman–Crippen MR) is 43.8 cm³/mol. The minimum Gasteiger partial charge on any atom is -0.396 e. The van der Waals surface area contributed by atoms with Gasteiger partial charge in [-0.2, -0.15) is 0 Å². The van der Waals surface area contributed by atoms with E-state index in [0.717, 1.165) is 11.5 Å². The highest BCUT2D eigenvalue weighted by Gasteiger charge is 2.01. The van der Waals surface area contributed by atoms with Crippen LogP contribution in [0.4, 0.5) is 0 Å². The van der Waals surface area contributed by atoms with Gasteiger partial charge in [0, 0.05) is 12.6 Å². The van der Waals surface area contributed by atoms with Crippen LogP contribution in [0, 0.1) is 0 Å². The van der Waals surface area contributed by atoms with Crippen LogP contribution >= 0.6 is 0 Å². The molecule has 4 heteroatoms. The highest BCUT2D eigenvalue weighted by molar-refractivity contribution is 5.36. The number of aromatic nitrogens is 3. The lowest BCUT2D eigenvalue weighted by molar-refractivity contribution is 0.296. The summed E-state index contributed by atoms with van der Waals surface area (Å²) in [6, 6.07) is 5.71. The third-order valence-corrected chi connectivity index (χ3v) is 1.72. The van der Waals surface area contributed by atoms with Crippen molar-refractivity contribution in [2.24, 2.45) is 0 Å². The van der Waals surface area contributed by atoms with Crippen molar-refractivity contribution in [1.29, 1.82) is 0 Å². The molecule has 0 aromatic carbocycles. The van der Waals surface area contributed by atoms with E-state index in [1.807, 2.05) is 28.8 Å². The van der Waals surface area contributed by atoms with Gasteiger partial charge >= 0.3 is 0 Å². The van der Waals surface area contributed by atoms with Crippen LogP contribution in [0.5, 0.6) is 0 Å². The minimum atomic E-state index is 0.107. The van der Waals surface area contributed by atoms with Crippen molar-refractivity contribution in [3.63, 3.8) is 0 Å². The monoisotopic (exact) mass is 163 g/mol. The standard InChI is InChI=1S/C8H9N3O/c12-6-4-8-10-9-7-3-1-2-5-11(7)8/h1-3,5,12H,4,6H2. The van der Waals surface area contributed by atoms with Gasteiger partial charge in [-0.15, -0.1) is 10.2 Å². The number of hydrogen-bond donors (Lipinski definition) is 1. The average molecular weight is 163 g/mol. The Morgan fingerprint density at radius 3 is 3.08 bits per heavy atom. The average Bonchev–Trinajstić information content (AvgIpc) is 2.50. The quantitative estimate of drug-likeness (QED) is 0.691. The van der Waals surface area contributed by atoms with Crippen LogP contribution in [0.3, 0.4) is 0 Å². The highest BCUT2D eigenvalue weighted by atomic mass is 16.3. The van der Waals surface area contributed by atoms with E-state index in [1.165, 1.54) is 0 Å². The molecule has 0 fully saturated rings. The van der Waals surface area contributed by atoms with Crippen LogP contribution in [0.15, 0.2) is 24.4 Å². The number of fused-ring (bicyclic) bond motifs is 1. The maximum absolute atomic E-state index is 8.72. The van der Waals surface area contributed by atoms with Crippen molar-refractivity contribution < 1.29 is 5.11 Å². The second kappa shape index (κ2) is 2.91. The van der Waals surface area contributed by atoms with E-state index in [9.17, 15) is 0 Å². The number of nitrogens with zero attached hydrogens (tertiary/aromatic N) is 3. The molecule has 2 rings (SSSR count). The molecule has 4 nitrogen and oxygen atoms in total. The van der Waals surface area contributed by atoms with Crippen molar-refractivity contribution in [3.8, 4) is 0 Å². The van der Waals surface area contributed by atoms with Crippen molar-refractivity contribution in [1.82, 2.24) is 14.6 Å². The number of hydrogen-bond acceptors (Lipinski definition) is 3. The lowest BCUT2D eigenvalue weighted by Crippen LogP contribution is -1.97. The fourth-order valence-corrected chi connectivity index (χ4v) is 1.16. The van der Waals surface area contributed by atoms with Gasteiger partial charge in [-0.1, -0.05) is 6.07 Å². The predicted octanol–water partition coefficient (Wildman–Crippen LogP) is 0.264. The van der Waals surface area contributed by atoms with E-state index in [4.69, 9.17) is 5.11 Å². The molecule has 0 aliphatic carbocycles. The SMILES string of the molecule is OCCc1nnc2ccccn12. The topological polar surface area (TPSA) is 50.4 Å². The second-order valence-corrected chi connectivity index (χ2v) is 2.52. The molecule has 0 radical (unpaired) electrons. The van der Waals surface area contributed by atoms with E-state index in [2.05, 4.69) is 10.2 Å². The third-order valence-electron chi connectivity index (χ3n) is 1.72. The van der Waals surface area contributed by atoms with Gasteiger partial charge in [0.1, 0.15) is 5.82 Å². The third kappa shape index (κ3) is 1.06. The Balaban J connectivity index is 2.55. The van der Waals surface area contributed by atoms with Crippen LogP contribution in [0.25, 0.3) is 5.65 Å². The number of aliphatic hydroxyl groups is 1. The number of rotatable bonds is 2. The van der Waals surface area contributed by atoms with Gasteiger partial charge in [0.2, 0.25) is 0 Å². The van der Waals surface area contributed by atoms with Gasteiger partial charge in [0.15, 0.2) is 5.65 Å². The van der Waals surface area contributed by atoms with Gasteiger partial charge in [0.25, 0.3) is 0 Å². The summed E-state index contributed by atoms with van der Waals surface area (Å²) >= 11 is 0. The Labute approximate surface area is 69.5 Å². The van der Waals surface area contributed by atoms with Crippen molar-refractivity contribution in [3.05, 3.63) is 30.2 Å². The Kier molecular flexibility index (Phi) is 1.75. The zero-order valence-electron chi connectivity index (χ0n) is 6.51. The molecule has 0 bridgehead atoms. The smallest absolute Gasteiger partial charge is 0.160 e. The summed E-state index contributed by atoms with van der Waals surface area (Å²) < 4.78 is 1.87. The molecule has 2 aromatic heterocycles. The molecule has 0 saturated heterocycles. The summed E-state index contributed by atoms with van der Waals surface area (Å²) in [5, 5.41) is 16.6. The first-order valence-corrected chi connectivity index (χ1v) is 3.81. The minimum absolute atomic E-state index is 0.107. The molecular formula is C8H9N3O. The van der Waals surface area contributed by atoms with Crippen molar-refractivity contribution in [2.45, 2.75) is 6.42 Å². The van der Waals surface area contributed by atoms with Gasteiger partial charge < -0.3 is 5.11 Å². The summed E-state index contributed by atoms with van der Waals surface area (Å²) in [5.74, 6) is 0.799. The first-order chi connectivity index (χ1) is 5.92. The van der Waals surface area contributed by atoms with E-state index in [1.54, 1.807) is 0 Å². The molecule has 0 aliphatic heterocycles. The number of pyridine rings is 1. The van der Waals surface area contributed by atoms with E-state index < -0.39 is 0 Å². The Morgan fingerprint density at radius 1 is 1.33 bits per heavy atom. The Bertz CT molecular complexity index is 382. The zero-order valence-corrected chi connectivity index (χ0v) is 6.51. The van der Waals surface area contributed by atoms with Gasteiger partial charge in [-0.25, -0.2) is 0 Å². The van der Waals surface area contributed by atoms with Crippen LogP contribution < -0.4 is 0 Å². The lowest BCUT2D eigenvalue weighted by atomic mass is 10.4. The molecule has 0 aliphatic rings. The van der Waals surface area contributed by atoms with Crippen LogP contribution in [0.2, 0.25) is 0 Å². The van der Waals surface area contributed by atoms with E-state index >= 15 is 0 Å². The fourth-order valence-electron chi connectivity index (χ4n) is 1.16. The summed E-state index contributed by atoms with van der Waals surface area (Å²) in [6.07, 6.45) is 2.44. The summed E-state index contributed by atoms with van der Waals surface area (Å²) in [7, 11) is 0. The fraction of sp³-hybridized carbons (Fsp3) is 0.250. The summed E-state index contributed by atoms with van der Waals surface area (Å²) in [5.41, 5.74) is 0.820. The molecule has 12 heavy (non-hydrogen) atoms. The zero-order chi connectivity index (χ0) is 8.39. The molecule has 2 aromatic rings. The normalized spacial score (nSPS) is 10.8. The van der Waals surface area contributed by atoms with Crippen molar-refractivity contribution >= 4 is 5.65 Å². The first kappa shape index (κ1) is 7.24. The van der Waals surface area contributed by atoms with Crippen molar-refractivity contribution in [2.75, 3.05) is 6.61 Å². The highest BCUT2D eigenvalue weighted by Crippen LogP contribution is 2.02. The summed E-state index contributed by atoms with van der Waals surface area (Å²) in [6.45, 7) is 0.107. The van der Waals surface area contributed by atoms with Crippen LogP contribution in [0.1, 0.15) is 5.82 Å². The van der Waals surface area contributed by atoms with Crippen LogP contribution in [-0.4, -0.2) is 26.3 Å². The van der Waals surface area contributed by atoms with Gasteiger partial charge in [-0.05, 0) is 12.1 Å². The molecule has 0 amide bonds. The van der Waals surface area contributed by atoms with Gasteiger partial charge in [-0.3, -0.25) is 4.40 Å². The molecule has 2 heterocycles. The van der Waals surface area contributed by atoms with E-state index in [0.29, 0.717) is 6.42 Å². The molecule has 62 valence electrons. The molecule has 0 atom stereocenters. The largest absolute Gasteiger partial charge is 0.396 e. The Morgan fingerprint density at radius 2 is 2.25 bits per heavy atom. The maximum Gasteiger partial charge on any atom is 0.160 e. The maximum atomic E-state index is 8.72. The van der Waals surface area contributed by atoms with Gasteiger partial charge in [0.05, 0.1) is 6.61 Å². The molecule has 1 N–H and O–H groups in total. The number of aliphatic hydroxyl groups excluding tert-OH is 1.